The Balaban J connectivity index is 1.99. The number of hydrogen-bond acceptors (Lipinski definition) is 6. The van der Waals surface area contributed by atoms with E-state index >= 15 is 0 Å². The average Bonchev–Trinajstić information content (AvgIpc) is 2.98. The molecule has 0 bridgehead atoms. The first kappa shape index (κ1) is 17.2. The summed E-state index contributed by atoms with van der Waals surface area (Å²) in [6.07, 6.45) is 6.51. The molecule has 0 spiro atoms. The van der Waals surface area contributed by atoms with Crippen molar-refractivity contribution in [1.82, 2.24) is 19.6 Å². The smallest absolute Gasteiger partial charge is 0.339 e. The van der Waals surface area contributed by atoms with E-state index in [4.69, 9.17) is 16.3 Å². The highest BCUT2D eigenvalue weighted by atomic mass is 35.5. The normalized spacial score (nSPS) is 11.1. The first-order chi connectivity index (χ1) is 12.0. The first-order valence-corrected chi connectivity index (χ1v) is 8.30. The molecule has 0 saturated carbocycles. The van der Waals surface area contributed by atoms with E-state index in [0.29, 0.717) is 28.7 Å². The molecule has 8 heteroatoms. The van der Waals surface area contributed by atoms with Gasteiger partial charge < -0.3 is 9.64 Å². The molecule has 3 heterocycles. The third-order valence-corrected chi connectivity index (χ3v) is 3.78. The molecule has 3 aromatic rings. The van der Waals surface area contributed by atoms with Crippen LogP contribution in [0.3, 0.4) is 0 Å². The van der Waals surface area contributed by atoms with Gasteiger partial charge in [0.05, 0.1) is 29.6 Å². The Morgan fingerprint density at radius 1 is 1.28 bits per heavy atom. The fourth-order valence-corrected chi connectivity index (χ4v) is 2.68. The van der Waals surface area contributed by atoms with Crippen LogP contribution >= 0.6 is 11.6 Å². The van der Waals surface area contributed by atoms with Gasteiger partial charge in [0, 0.05) is 18.4 Å². The summed E-state index contributed by atoms with van der Waals surface area (Å²) < 4.78 is 6.61. The Bertz CT molecular complexity index is 892. The van der Waals surface area contributed by atoms with E-state index in [1.807, 2.05) is 18.7 Å². The molecule has 0 radical (unpaired) electrons. The fourth-order valence-electron chi connectivity index (χ4n) is 2.54. The van der Waals surface area contributed by atoms with Gasteiger partial charge in [0.15, 0.2) is 5.65 Å². The minimum absolute atomic E-state index is 0.103. The van der Waals surface area contributed by atoms with Crippen molar-refractivity contribution in [2.75, 3.05) is 11.5 Å². The molecule has 0 fully saturated rings. The van der Waals surface area contributed by atoms with E-state index in [1.54, 1.807) is 42.2 Å². The zero-order valence-corrected chi connectivity index (χ0v) is 14.9. The van der Waals surface area contributed by atoms with Crippen LogP contribution in [-0.2, 0) is 4.74 Å². The van der Waals surface area contributed by atoms with E-state index in [0.717, 1.165) is 5.69 Å². The van der Waals surface area contributed by atoms with Crippen molar-refractivity contribution in [3.63, 3.8) is 0 Å². The van der Waals surface area contributed by atoms with Crippen LogP contribution in [-0.4, -0.2) is 38.2 Å². The number of halogens is 1. The van der Waals surface area contributed by atoms with Crippen LogP contribution in [0.15, 0.2) is 36.9 Å². The summed E-state index contributed by atoms with van der Waals surface area (Å²) in [6.45, 7) is 6.18. The van der Waals surface area contributed by atoms with E-state index in [-0.39, 0.29) is 12.0 Å². The molecule has 7 nitrogen and oxygen atoms in total. The molecular formula is C17H18ClN5O2. The molecule has 3 rings (SSSR count). The van der Waals surface area contributed by atoms with E-state index in [1.165, 1.54) is 6.20 Å². The largest absolute Gasteiger partial charge is 0.462 e. The second-order valence-electron chi connectivity index (χ2n) is 5.66. The van der Waals surface area contributed by atoms with E-state index in [9.17, 15) is 4.79 Å². The molecule has 0 aromatic carbocycles. The average molecular weight is 360 g/mol. The summed E-state index contributed by atoms with van der Waals surface area (Å²) in [5, 5.41) is 4.81. The standard InChI is InChI=1S/C17H18ClN5O2/c1-4-25-17(24)12-5-6-15(19-7-12)23(11(2)3)14-9-21-22-10-13(18)8-20-16(14)22/h5-11H,4H2,1-3H3. The minimum atomic E-state index is -0.384. The van der Waals surface area contributed by atoms with Gasteiger partial charge in [-0.1, -0.05) is 11.6 Å². The maximum absolute atomic E-state index is 11.8. The topological polar surface area (TPSA) is 72.6 Å². The number of esters is 1. The molecular weight excluding hydrogens is 342 g/mol. The third-order valence-electron chi connectivity index (χ3n) is 3.59. The third kappa shape index (κ3) is 3.41. The van der Waals surface area contributed by atoms with Crippen LogP contribution in [0.5, 0.6) is 0 Å². The van der Waals surface area contributed by atoms with Gasteiger partial charge >= 0.3 is 5.97 Å². The zero-order valence-electron chi connectivity index (χ0n) is 14.2. The molecule has 0 unspecified atom stereocenters. The number of pyridine rings is 1. The molecule has 0 N–H and O–H groups in total. The van der Waals surface area contributed by atoms with Crippen molar-refractivity contribution in [3.8, 4) is 0 Å². The number of fused-ring (bicyclic) bond motifs is 1. The number of hydrogen-bond donors (Lipinski definition) is 0. The molecule has 0 aliphatic rings. The summed E-state index contributed by atoms with van der Waals surface area (Å²) in [7, 11) is 0. The van der Waals surface area contributed by atoms with Crippen LogP contribution in [0.2, 0.25) is 5.02 Å². The Morgan fingerprint density at radius 2 is 2.08 bits per heavy atom. The quantitative estimate of drug-likeness (QED) is 0.649. The Hall–Kier alpha value is -2.67. The van der Waals surface area contributed by atoms with Crippen LogP contribution in [0, 0.1) is 0 Å². The molecule has 0 atom stereocenters. The first-order valence-electron chi connectivity index (χ1n) is 7.92. The summed E-state index contributed by atoms with van der Waals surface area (Å²) in [5.74, 6) is 0.305. The number of carbonyl (C=O) groups is 1. The second-order valence-corrected chi connectivity index (χ2v) is 6.10. The van der Waals surface area contributed by atoms with Crippen LogP contribution < -0.4 is 4.90 Å². The van der Waals surface area contributed by atoms with Gasteiger partial charge in [-0.15, -0.1) is 0 Å². The molecule has 0 aliphatic heterocycles. The van der Waals surface area contributed by atoms with Crippen molar-refractivity contribution in [2.24, 2.45) is 0 Å². The Labute approximate surface area is 150 Å². The van der Waals surface area contributed by atoms with Gasteiger partial charge in [-0.3, -0.25) is 0 Å². The lowest BCUT2D eigenvalue weighted by molar-refractivity contribution is 0.0526. The van der Waals surface area contributed by atoms with Crippen molar-refractivity contribution < 1.29 is 9.53 Å². The van der Waals surface area contributed by atoms with Gasteiger partial charge in [-0.25, -0.2) is 19.3 Å². The van der Waals surface area contributed by atoms with Gasteiger partial charge in [-0.2, -0.15) is 5.10 Å². The van der Waals surface area contributed by atoms with Gasteiger partial charge in [0.2, 0.25) is 0 Å². The fraction of sp³-hybridized carbons (Fsp3) is 0.294. The molecule has 0 saturated heterocycles. The molecule has 130 valence electrons. The van der Waals surface area contributed by atoms with Crippen molar-refractivity contribution >= 4 is 34.7 Å². The van der Waals surface area contributed by atoms with Crippen molar-refractivity contribution in [1.29, 1.82) is 0 Å². The van der Waals surface area contributed by atoms with Gasteiger partial charge in [-0.05, 0) is 32.9 Å². The summed E-state index contributed by atoms with van der Waals surface area (Å²) in [6, 6.07) is 3.59. The second kappa shape index (κ2) is 7.06. The summed E-state index contributed by atoms with van der Waals surface area (Å²) >= 11 is 5.97. The molecule has 0 aliphatic carbocycles. The highest BCUT2D eigenvalue weighted by molar-refractivity contribution is 6.30. The van der Waals surface area contributed by atoms with E-state index < -0.39 is 0 Å². The number of aromatic nitrogens is 4. The Kier molecular flexibility index (Phi) is 4.85. The highest BCUT2D eigenvalue weighted by Crippen LogP contribution is 2.29. The van der Waals surface area contributed by atoms with Crippen LogP contribution in [0.4, 0.5) is 11.5 Å². The number of rotatable bonds is 5. The lowest BCUT2D eigenvalue weighted by Gasteiger charge is -2.26. The number of ether oxygens (including phenoxy) is 1. The SMILES string of the molecule is CCOC(=O)c1ccc(N(c2cnn3cc(Cl)cnc23)C(C)C)nc1. The Morgan fingerprint density at radius 3 is 2.72 bits per heavy atom. The number of carbonyl (C=O) groups excluding carboxylic acids is 1. The van der Waals surface area contributed by atoms with E-state index in [2.05, 4.69) is 15.1 Å². The number of nitrogens with zero attached hydrogens (tertiary/aromatic N) is 5. The van der Waals surface area contributed by atoms with Crippen molar-refractivity contribution in [2.45, 2.75) is 26.8 Å². The van der Waals surface area contributed by atoms with Crippen LogP contribution in [0.25, 0.3) is 5.65 Å². The van der Waals surface area contributed by atoms with Gasteiger partial charge in [0.25, 0.3) is 0 Å². The number of anilines is 2. The molecule has 3 aromatic heterocycles. The predicted octanol–water partition coefficient (Wildman–Crippen LogP) is 3.50. The highest BCUT2D eigenvalue weighted by Gasteiger charge is 2.20. The molecule has 0 amide bonds. The van der Waals surface area contributed by atoms with Crippen molar-refractivity contribution in [3.05, 3.63) is 47.5 Å². The van der Waals surface area contributed by atoms with Crippen LogP contribution in [0.1, 0.15) is 31.1 Å². The maximum atomic E-state index is 11.8. The summed E-state index contributed by atoms with van der Waals surface area (Å²) in [5.41, 5.74) is 1.90. The molecule has 25 heavy (non-hydrogen) atoms. The maximum Gasteiger partial charge on any atom is 0.339 e. The van der Waals surface area contributed by atoms with Gasteiger partial charge in [0.1, 0.15) is 11.5 Å². The lowest BCUT2D eigenvalue weighted by atomic mass is 10.2. The monoisotopic (exact) mass is 359 g/mol. The lowest BCUT2D eigenvalue weighted by Crippen LogP contribution is -2.26. The zero-order chi connectivity index (χ0) is 18.0. The summed E-state index contributed by atoms with van der Waals surface area (Å²) in [4.78, 5) is 22.6. The predicted molar refractivity (Wildman–Crippen MR) is 95.5 cm³/mol. The minimum Gasteiger partial charge on any atom is -0.462 e.